The number of nitrogens with one attached hydrogen (secondary N) is 1. The van der Waals surface area contributed by atoms with E-state index in [0.717, 1.165) is 0 Å². The van der Waals surface area contributed by atoms with Crippen LogP contribution in [0.4, 0.5) is 16.2 Å². The first-order chi connectivity index (χ1) is 17.9. The fraction of sp³-hybridized carbons (Fsp3) is 0.360. The molecule has 13 nitrogen and oxygen atoms in total. The summed E-state index contributed by atoms with van der Waals surface area (Å²) in [4.78, 5) is 69.6. The molecule has 3 rings (SSSR count). The molecule has 0 radical (unpaired) electrons. The second kappa shape index (κ2) is 11.6. The van der Waals surface area contributed by atoms with Crippen LogP contribution in [-0.2, 0) is 36.9 Å². The molecule has 0 spiro atoms. The van der Waals surface area contributed by atoms with E-state index >= 15 is 0 Å². The number of ether oxygens (including phenoxy) is 2. The lowest BCUT2D eigenvalue weighted by molar-refractivity contribution is -0.385. The Morgan fingerprint density at radius 3 is 1.92 bits per heavy atom. The molecule has 1 N–H and O–H groups in total. The van der Waals surface area contributed by atoms with Crippen molar-refractivity contribution in [2.24, 2.45) is 5.92 Å². The fourth-order valence-corrected chi connectivity index (χ4v) is 4.14. The number of β-lactam (4-membered cyclic amide) rings is 1. The van der Waals surface area contributed by atoms with Gasteiger partial charge in [-0.2, -0.15) is 0 Å². The summed E-state index contributed by atoms with van der Waals surface area (Å²) < 4.78 is 10.4. The number of amides is 1. The van der Waals surface area contributed by atoms with Gasteiger partial charge in [0.25, 0.3) is 11.4 Å². The van der Waals surface area contributed by atoms with Crippen molar-refractivity contribution < 1.29 is 38.5 Å². The molecule has 2 aromatic rings. The molecule has 0 saturated carbocycles. The molecule has 2 atom stereocenters. The van der Waals surface area contributed by atoms with Crippen LogP contribution in [0, 0.1) is 26.1 Å². The van der Waals surface area contributed by atoms with E-state index in [0.29, 0.717) is 11.1 Å². The molecule has 1 fully saturated rings. The van der Waals surface area contributed by atoms with E-state index in [-0.39, 0.29) is 43.0 Å². The monoisotopic (exact) mass is 527 g/mol. The van der Waals surface area contributed by atoms with Crippen molar-refractivity contribution in [2.45, 2.75) is 51.4 Å². The number of carbonyl (C=O) groups excluding carboxylic acids is 4. The lowest BCUT2D eigenvalue weighted by Crippen LogP contribution is -2.66. The molecule has 2 unspecified atom stereocenters. The first-order valence-corrected chi connectivity index (χ1v) is 11.5. The van der Waals surface area contributed by atoms with Gasteiger partial charge in [-0.05, 0) is 37.1 Å². The zero-order chi connectivity index (χ0) is 28.0. The molecule has 1 aliphatic rings. The maximum Gasteiger partial charge on any atom is 0.509 e. The lowest BCUT2D eigenvalue weighted by Gasteiger charge is -2.44. The number of Topliss-reactive ketones (excluding diaryl/α,β-unsaturated/α-hetero) is 2. The average molecular weight is 527 g/mol. The third-order valence-corrected chi connectivity index (χ3v) is 6.00. The Hall–Kier alpha value is -4.68. The lowest BCUT2D eigenvalue weighted by atomic mass is 9.75. The molecular formula is C25H25N3O10. The second-order valence-electron chi connectivity index (χ2n) is 9.32. The predicted octanol–water partition coefficient (Wildman–Crippen LogP) is 3.21. The van der Waals surface area contributed by atoms with Crippen LogP contribution in [0.2, 0.25) is 0 Å². The summed E-state index contributed by atoms with van der Waals surface area (Å²) in [5.41, 5.74) is -0.521. The van der Waals surface area contributed by atoms with Gasteiger partial charge >= 0.3 is 6.16 Å². The third kappa shape index (κ3) is 7.18. The maximum atomic E-state index is 12.5. The summed E-state index contributed by atoms with van der Waals surface area (Å²) in [6.07, 6.45) is -1.66. The summed E-state index contributed by atoms with van der Waals surface area (Å²) >= 11 is 0. The van der Waals surface area contributed by atoms with Crippen LogP contribution in [0.15, 0.2) is 48.5 Å². The highest BCUT2D eigenvalue weighted by Crippen LogP contribution is 2.33. The van der Waals surface area contributed by atoms with E-state index in [1.807, 2.05) is 0 Å². The largest absolute Gasteiger partial charge is 0.509 e. The molecule has 0 aliphatic carbocycles. The van der Waals surface area contributed by atoms with Crippen LogP contribution < -0.4 is 5.32 Å². The Kier molecular flexibility index (Phi) is 8.50. The highest BCUT2D eigenvalue weighted by molar-refractivity contribution is 6.01. The number of non-ortho nitro benzene ring substituents is 2. The second-order valence-corrected chi connectivity index (χ2v) is 9.32. The number of benzene rings is 2. The van der Waals surface area contributed by atoms with E-state index < -0.39 is 45.3 Å². The van der Waals surface area contributed by atoms with Crippen molar-refractivity contribution in [1.82, 2.24) is 5.32 Å². The zero-order valence-electron chi connectivity index (χ0n) is 20.6. The van der Waals surface area contributed by atoms with Gasteiger partial charge in [-0.1, -0.05) is 12.1 Å². The number of hydrogen-bond acceptors (Lipinski definition) is 10. The summed E-state index contributed by atoms with van der Waals surface area (Å²) in [6.45, 7) is 2.80. The van der Waals surface area contributed by atoms with E-state index in [1.54, 1.807) is 0 Å². The Morgan fingerprint density at radius 1 is 0.895 bits per heavy atom. The smallest absolute Gasteiger partial charge is 0.429 e. The summed E-state index contributed by atoms with van der Waals surface area (Å²) in [6, 6.07) is 10.2. The number of carbonyl (C=O) groups is 4. The standard InChI is InChI=1S/C25H25N3O10/c1-25(2,38-24(32)37-14-16-5-9-18(10-6-16)28(35)36)22-21(26-23(22)31)13-20(30)12-19(29)11-15-3-7-17(8-4-15)27(33)34/h3-10,21-22H,11-14H2,1-2H3,(H,26,31). The number of ketones is 2. The minimum absolute atomic E-state index is 0.0700. The van der Waals surface area contributed by atoms with Crippen LogP contribution in [0.3, 0.4) is 0 Å². The average Bonchev–Trinajstić information content (AvgIpc) is 2.82. The van der Waals surface area contributed by atoms with Crippen molar-refractivity contribution in [3.63, 3.8) is 0 Å². The molecule has 13 heteroatoms. The molecule has 1 saturated heterocycles. The SMILES string of the molecule is CC(C)(OC(=O)OCc1ccc([N+](=O)[O-])cc1)C1C(=O)NC1CC(=O)CC(=O)Cc1ccc([N+](=O)[O-])cc1. The van der Waals surface area contributed by atoms with E-state index in [4.69, 9.17) is 9.47 Å². The quantitative estimate of drug-likeness (QED) is 0.141. The maximum absolute atomic E-state index is 12.5. The normalized spacial score (nSPS) is 16.5. The van der Waals surface area contributed by atoms with Crippen molar-refractivity contribution in [3.05, 3.63) is 79.9 Å². The van der Waals surface area contributed by atoms with Crippen LogP contribution in [0.1, 0.15) is 37.8 Å². The van der Waals surface area contributed by atoms with E-state index in [1.165, 1.54) is 62.4 Å². The molecule has 0 aromatic heterocycles. The van der Waals surface area contributed by atoms with Crippen molar-refractivity contribution in [1.29, 1.82) is 0 Å². The molecule has 1 heterocycles. The molecule has 1 aliphatic heterocycles. The van der Waals surface area contributed by atoms with Gasteiger partial charge in [-0.3, -0.25) is 34.6 Å². The van der Waals surface area contributed by atoms with Crippen LogP contribution in [-0.4, -0.2) is 45.1 Å². The number of rotatable bonds is 12. The van der Waals surface area contributed by atoms with E-state index in [9.17, 15) is 39.4 Å². The van der Waals surface area contributed by atoms with Gasteiger partial charge in [-0.25, -0.2) is 4.79 Å². The van der Waals surface area contributed by atoms with Gasteiger partial charge < -0.3 is 14.8 Å². The van der Waals surface area contributed by atoms with E-state index in [2.05, 4.69) is 5.32 Å². The summed E-state index contributed by atoms with van der Waals surface area (Å²) in [5, 5.41) is 24.0. The van der Waals surface area contributed by atoms with Gasteiger partial charge in [0.2, 0.25) is 5.91 Å². The summed E-state index contributed by atoms with van der Waals surface area (Å²) in [5.74, 6) is -2.07. The van der Waals surface area contributed by atoms with Crippen LogP contribution in [0.5, 0.6) is 0 Å². The Bertz CT molecular complexity index is 1260. The van der Waals surface area contributed by atoms with Gasteiger partial charge in [-0.15, -0.1) is 0 Å². The van der Waals surface area contributed by atoms with Crippen LogP contribution >= 0.6 is 0 Å². The first-order valence-electron chi connectivity index (χ1n) is 11.5. The number of hydrogen-bond donors (Lipinski definition) is 1. The number of nitrogens with zero attached hydrogens (tertiary/aromatic N) is 2. The fourth-order valence-electron chi connectivity index (χ4n) is 4.14. The zero-order valence-corrected chi connectivity index (χ0v) is 20.6. The van der Waals surface area contributed by atoms with Gasteiger partial charge in [0.05, 0.1) is 28.2 Å². The first kappa shape index (κ1) is 27.9. The van der Waals surface area contributed by atoms with Gasteiger partial charge in [0.1, 0.15) is 23.8 Å². The molecule has 1 amide bonds. The Balaban J connectivity index is 1.48. The Labute approximate surface area is 216 Å². The van der Waals surface area contributed by atoms with Crippen molar-refractivity contribution in [2.75, 3.05) is 0 Å². The third-order valence-electron chi connectivity index (χ3n) is 6.00. The highest BCUT2D eigenvalue weighted by Gasteiger charge is 2.52. The number of nitro benzene ring substituents is 2. The highest BCUT2D eigenvalue weighted by atomic mass is 16.7. The van der Waals surface area contributed by atoms with Gasteiger partial charge in [0.15, 0.2) is 0 Å². The van der Waals surface area contributed by atoms with Crippen molar-refractivity contribution >= 4 is 35.0 Å². The van der Waals surface area contributed by atoms with Crippen molar-refractivity contribution in [3.8, 4) is 0 Å². The minimum Gasteiger partial charge on any atom is -0.429 e. The molecule has 2 aromatic carbocycles. The van der Waals surface area contributed by atoms with Gasteiger partial charge in [0, 0.05) is 37.1 Å². The minimum atomic E-state index is -1.33. The molecule has 200 valence electrons. The predicted molar refractivity (Wildman–Crippen MR) is 130 cm³/mol. The Morgan fingerprint density at radius 2 is 1.42 bits per heavy atom. The topological polar surface area (TPSA) is 185 Å². The summed E-state index contributed by atoms with van der Waals surface area (Å²) in [7, 11) is 0. The molecule has 38 heavy (non-hydrogen) atoms. The molecular weight excluding hydrogens is 502 g/mol. The molecule has 0 bridgehead atoms. The number of nitro groups is 2. The van der Waals surface area contributed by atoms with Crippen LogP contribution in [0.25, 0.3) is 0 Å².